The molecule has 0 radical (unpaired) electrons. The van der Waals surface area contributed by atoms with Gasteiger partial charge in [-0.25, -0.2) is 13.2 Å². The maximum Gasteiger partial charge on any atom is 0.317 e. The quantitative estimate of drug-likeness (QED) is 0.731. The van der Waals surface area contributed by atoms with Crippen LogP contribution in [0.3, 0.4) is 0 Å². The molecule has 0 bridgehead atoms. The number of hydrogen-bond donors (Lipinski definition) is 1. The van der Waals surface area contributed by atoms with Crippen molar-refractivity contribution in [2.75, 3.05) is 32.4 Å². The van der Waals surface area contributed by atoms with E-state index in [0.29, 0.717) is 32.6 Å². The Morgan fingerprint density at radius 2 is 1.86 bits per heavy atom. The summed E-state index contributed by atoms with van der Waals surface area (Å²) in [6, 6.07) is -0.191. The molecule has 1 aliphatic rings. The van der Waals surface area contributed by atoms with Crippen molar-refractivity contribution in [3.63, 3.8) is 0 Å². The molecule has 0 saturated carbocycles. The molecule has 0 spiro atoms. The molecule has 130 valence electrons. The maximum atomic E-state index is 12.1. The van der Waals surface area contributed by atoms with Gasteiger partial charge >= 0.3 is 6.03 Å². The first-order valence-electron chi connectivity index (χ1n) is 7.76. The number of carbonyl (C=O) groups is 1. The van der Waals surface area contributed by atoms with Crippen LogP contribution >= 0.6 is 0 Å². The summed E-state index contributed by atoms with van der Waals surface area (Å²) in [6.45, 7) is 9.61. The average molecular weight is 335 g/mol. The van der Waals surface area contributed by atoms with Gasteiger partial charge in [0.25, 0.3) is 0 Å². The first kappa shape index (κ1) is 19.2. The molecule has 1 heterocycles. The van der Waals surface area contributed by atoms with E-state index in [2.05, 4.69) is 5.32 Å². The monoisotopic (exact) mass is 335 g/mol. The van der Waals surface area contributed by atoms with Gasteiger partial charge in [0.2, 0.25) is 10.0 Å². The minimum atomic E-state index is -3.21. The number of nitrogens with one attached hydrogen (secondary N) is 1. The van der Waals surface area contributed by atoms with E-state index in [4.69, 9.17) is 4.74 Å². The first-order chi connectivity index (χ1) is 10.1. The van der Waals surface area contributed by atoms with Crippen LogP contribution < -0.4 is 5.32 Å². The fourth-order valence-electron chi connectivity index (χ4n) is 2.69. The number of ether oxygens (including phenoxy) is 1. The zero-order valence-corrected chi connectivity index (χ0v) is 15.0. The molecule has 22 heavy (non-hydrogen) atoms. The second-order valence-electron chi connectivity index (χ2n) is 6.22. The van der Waals surface area contributed by atoms with E-state index in [1.807, 2.05) is 27.7 Å². The molecule has 2 atom stereocenters. The first-order valence-corrected chi connectivity index (χ1v) is 9.61. The Balaban J connectivity index is 2.36. The summed E-state index contributed by atoms with van der Waals surface area (Å²) in [5.41, 5.74) is 0. The van der Waals surface area contributed by atoms with E-state index >= 15 is 0 Å². The number of sulfonamides is 1. The number of morpholine rings is 1. The zero-order chi connectivity index (χ0) is 16.9. The standard InChI is InChI=1S/C14H29N3O4S/c1-11(2)17(22(5,19)20)8-6-7-15-14(18)16-9-12(3)21-13(4)10-16/h11-13H,6-10H2,1-5H3,(H,15,18)/t12-,13-/m0/s1. The summed E-state index contributed by atoms with van der Waals surface area (Å²) in [6.07, 6.45) is 1.88. The molecule has 0 unspecified atom stereocenters. The molecule has 7 nitrogen and oxygen atoms in total. The zero-order valence-electron chi connectivity index (χ0n) is 14.2. The summed E-state index contributed by atoms with van der Waals surface area (Å²) >= 11 is 0. The molecule has 1 fully saturated rings. The topological polar surface area (TPSA) is 79.0 Å². The predicted octanol–water partition coefficient (Wildman–Crippen LogP) is 0.865. The van der Waals surface area contributed by atoms with Crippen LogP contribution in [0.1, 0.15) is 34.1 Å². The lowest BCUT2D eigenvalue weighted by Crippen LogP contribution is -2.52. The molecule has 1 N–H and O–H groups in total. The number of urea groups is 1. The summed E-state index contributed by atoms with van der Waals surface area (Å²) in [5.74, 6) is 0. The minimum Gasteiger partial charge on any atom is -0.372 e. The lowest BCUT2D eigenvalue weighted by Gasteiger charge is -2.35. The van der Waals surface area contributed by atoms with E-state index in [9.17, 15) is 13.2 Å². The highest BCUT2D eigenvalue weighted by Crippen LogP contribution is 2.10. The predicted molar refractivity (Wildman–Crippen MR) is 86.3 cm³/mol. The van der Waals surface area contributed by atoms with Crippen molar-refractivity contribution >= 4 is 16.1 Å². The highest BCUT2D eigenvalue weighted by atomic mass is 32.2. The van der Waals surface area contributed by atoms with Gasteiger partial charge in [-0.05, 0) is 34.1 Å². The van der Waals surface area contributed by atoms with E-state index in [1.54, 1.807) is 4.90 Å². The Hall–Kier alpha value is -0.860. The number of rotatable bonds is 6. The molecule has 1 saturated heterocycles. The van der Waals surface area contributed by atoms with Crippen LogP contribution in [0, 0.1) is 0 Å². The van der Waals surface area contributed by atoms with Gasteiger partial charge in [-0.3, -0.25) is 0 Å². The van der Waals surface area contributed by atoms with Crippen LogP contribution in [0.4, 0.5) is 4.79 Å². The lowest BCUT2D eigenvalue weighted by atomic mass is 10.2. The third-order valence-electron chi connectivity index (χ3n) is 3.54. The average Bonchev–Trinajstić information content (AvgIpc) is 2.34. The Kier molecular flexibility index (Phi) is 7.08. The highest BCUT2D eigenvalue weighted by molar-refractivity contribution is 7.88. The van der Waals surface area contributed by atoms with Crippen molar-refractivity contribution < 1.29 is 17.9 Å². The smallest absolute Gasteiger partial charge is 0.317 e. The van der Waals surface area contributed by atoms with Gasteiger partial charge in [-0.15, -0.1) is 0 Å². The van der Waals surface area contributed by atoms with Gasteiger partial charge in [0, 0.05) is 32.2 Å². The summed E-state index contributed by atoms with van der Waals surface area (Å²) < 4.78 is 30.3. The Morgan fingerprint density at radius 1 is 1.32 bits per heavy atom. The van der Waals surface area contributed by atoms with E-state index < -0.39 is 10.0 Å². The second kappa shape index (κ2) is 8.12. The van der Waals surface area contributed by atoms with E-state index in [-0.39, 0.29) is 24.3 Å². The number of amides is 2. The van der Waals surface area contributed by atoms with Crippen LogP contribution in [0.2, 0.25) is 0 Å². The number of carbonyl (C=O) groups excluding carboxylic acids is 1. The van der Waals surface area contributed by atoms with Gasteiger partial charge in [0.1, 0.15) is 0 Å². The largest absolute Gasteiger partial charge is 0.372 e. The molecular weight excluding hydrogens is 306 g/mol. The molecule has 0 aromatic heterocycles. The number of nitrogens with zero attached hydrogens (tertiary/aromatic N) is 2. The van der Waals surface area contributed by atoms with Crippen molar-refractivity contribution in [2.24, 2.45) is 0 Å². The van der Waals surface area contributed by atoms with Crippen LogP contribution in [-0.4, -0.2) is 74.3 Å². The fourth-order valence-corrected chi connectivity index (χ4v) is 3.92. The molecule has 2 amide bonds. The maximum absolute atomic E-state index is 12.1. The van der Waals surface area contributed by atoms with Crippen LogP contribution in [-0.2, 0) is 14.8 Å². The van der Waals surface area contributed by atoms with Gasteiger partial charge in [-0.2, -0.15) is 4.31 Å². The van der Waals surface area contributed by atoms with Crippen LogP contribution in [0.5, 0.6) is 0 Å². The Morgan fingerprint density at radius 3 is 2.32 bits per heavy atom. The van der Waals surface area contributed by atoms with Crippen molar-refractivity contribution in [3.8, 4) is 0 Å². The van der Waals surface area contributed by atoms with Crippen LogP contribution in [0.25, 0.3) is 0 Å². The molecule has 1 aliphatic heterocycles. The van der Waals surface area contributed by atoms with Gasteiger partial charge in [0.05, 0.1) is 18.5 Å². The summed E-state index contributed by atoms with van der Waals surface area (Å²) in [4.78, 5) is 13.8. The summed E-state index contributed by atoms with van der Waals surface area (Å²) in [7, 11) is -3.21. The third kappa shape index (κ3) is 6.10. The molecule has 1 rings (SSSR count). The normalized spacial score (nSPS) is 23.1. The van der Waals surface area contributed by atoms with Crippen molar-refractivity contribution in [3.05, 3.63) is 0 Å². The van der Waals surface area contributed by atoms with E-state index in [1.165, 1.54) is 10.6 Å². The Labute approximate surface area is 134 Å². The SMILES string of the molecule is CC(C)N(CCCNC(=O)N1C[C@H](C)O[C@@H](C)C1)S(C)(=O)=O. The minimum absolute atomic E-state index is 0.0381. The Bertz CT molecular complexity index is 457. The molecule has 0 aromatic carbocycles. The fraction of sp³-hybridized carbons (Fsp3) is 0.929. The van der Waals surface area contributed by atoms with Gasteiger partial charge in [0.15, 0.2) is 0 Å². The molecule has 8 heteroatoms. The van der Waals surface area contributed by atoms with Crippen molar-refractivity contribution in [1.82, 2.24) is 14.5 Å². The lowest BCUT2D eigenvalue weighted by molar-refractivity contribution is -0.0545. The molecule has 0 aliphatic carbocycles. The van der Waals surface area contributed by atoms with Crippen LogP contribution in [0.15, 0.2) is 0 Å². The van der Waals surface area contributed by atoms with Crippen molar-refractivity contribution in [2.45, 2.75) is 52.4 Å². The summed E-state index contributed by atoms with van der Waals surface area (Å²) in [5, 5.41) is 2.85. The van der Waals surface area contributed by atoms with Gasteiger partial charge in [-0.1, -0.05) is 0 Å². The van der Waals surface area contributed by atoms with E-state index in [0.717, 1.165) is 0 Å². The molecule has 0 aromatic rings. The van der Waals surface area contributed by atoms with Crippen molar-refractivity contribution in [1.29, 1.82) is 0 Å². The van der Waals surface area contributed by atoms with Gasteiger partial charge < -0.3 is 15.0 Å². The third-order valence-corrected chi connectivity index (χ3v) is 5.00. The molecular formula is C14H29N3O4S. The highest BCUT2D eigenvalue weighted by Gasteiger charge is 2.25. The number of hydrogen-bond acceptors (Lipinski definition) is 4. The second-order valence-corrected chi connectivity index (χ2v) is 8.15.